The van der Waals surface area contributed by atoms with E-state index in [0.29, 0.717) is 5.75 Å². The van der Waals surface area contributed by atoms with E-state index in [4.69, 9.17) is 9.84 Å². The van der Waals surface area contributed by atoms with Gasteiger partial charge in [0.05, 0.1) is 6.61 Å². The fourth-order valence-electron chi connectivity index (χ4n) is 1.41. The van der Waals surface area contributed by atoms with Crippen LogP contribution in [0.3, 0.4) is 0 Å². The predicted octanol–water partition coefficient (Wildman–Crippen LogP) is 2.71. The molecule has 1 aromatic rings. The van der Waals surface area contributed by atoms with Gasteiger partial charge in [0, 0.05) is 0 Å². The highest BCUT2D eigenvalue weighted by molar-refractivity contribution is 5.36. The standard InChI is InChI=1S/C12H17FO2/c1-3-9(2)11-8-10(13)4-5-12(11)15-7-6-14/h4-5,8-9,14H,3,6-7H2,1-2H3/t9-/m0/s1. The lowest BCUT2D eigenvalue weighted by molar-refractivity contribution is 0.199. The molecule has 0 aliphatic heterocycles. The van der Waals surface area contributed by atoms with Crippen molar-refractivity contribution in [3.8, 4) is 5.75 Å². The smallest absolute Gasteiger partial charge is 0.123 e. The van der Waals surface area contributed by atoms with Gasteiger partial charge < -0.3 is 9.84 Å². The Morgan fingerprint density at radius 3 is 2.80 bits per heavy atom. The molecule has 0 bridgehead atoms. The average molecular weight is 212 g/mol. The topological polar surface area (TPSA) is 29.5 Å². The van der Waals surface area contributed by atoms with E-state index in [0.717, 1.165) is 12.0 Å². The van der Waals surface area contributed by atoms with Crippen molar-refractivity contribution in [3.05, 3.63) is 29.6 Å². The first-order chi connectivity index (χ1) is 7.19. The maximum atomic E-state index is 13.1. The second kappa shape index (κ2) is 5.71. The zero-order valence-electron chi connectivity index (χ0n) is 9.16. The van der Waals surface area contributed by atoms with Crippen LogP contribution in [0.1, 0.15) is 31.7 Å². The van der Waals surface area contributed by atoms with E-state index in [9.17, 15) is 4.39 Å². The average Bonchev–Trinajstić information content (AvgIpc) is 2.26. The Labute approximate surface area is 89.7 Å². The van der Waals surface area contributed by atoms with Gasteiger partial charge in [0.2, 0.25) is 0 Å². The van der Waals surface area contributed by atoms with Gasteiger partial charge in [-0.3, -0.25) is 0 Å². The van der Waals surface area contributed by atoms with Crippen LogP contribution in [0.2, 0.25) is 0 Å². The predicted molar refractivity (Wildman–Crippen MR) is 57.7 cm³/mol. The maximum Gasteiger partial charge on any atom is 0.123 e. The van der Waals surface area contributed by atoms with Crippen LogP contribution in [0.25, 0.3) is 0 Å². The molecule has 2 nitrogen and oxygen atoms in total. The van der Waals surface area contributed by atoms with Crippen molar-refractivity contribution in [2.75, 3.05) is 13.2 Å². The molecule has 0 fully saturated rings. The Kier molecular flexibility index (Phi) is 4.56. The Morgan fingerprint density at radius 2 is 2.20 bits per heavy atom. The van der Waals surface area contributed by atoms with Gasteiger partial charge in [-0.2, -0.15) is 0 Å². The number of hydrogen-bond acceptors (Lipinski definition) is 2. The lowest BCUT2D eigenvalue weighted by Crippen LogP contribution is -2.05. The Morgan fingerprint density at radius 1 is 1.47 bits per heavy atom. The van der Waals surface area contributed by atoms with Gasteiger partial charge in [-0.05, 0) is 36.1 Å². The molecular formula is C12H17FO2. The number of aliphatic hydroxyl groups excluding tert-OH is 1. The molecule has 0 aliphatic carbocycles. The number of rotatable bonds is 5. The van der Waals surface area contributed by atoms with Crippen molar-refractivity contribution >= 4 is 0 Å². The molecule has 0 radical (unpaired) electrons. The van der Waals surface area contributed by atoms with Crippen LogP contribution < -0.4 is 4.74 Å². The minimum absolute atomic E-state index is 0.0304. The molecule has 1 rings (SSSR count). The molecular weight excluding hydrogens is 195 g/mol. The van der Waals surface area contributed by atoms with E-state index in [1.165, 1.54) is 12.1 Å². The highest BCUT2D eigenvalue weighted by Crippen LogP contribution is 2.29. The maximum absolute atomic E-state index is 13.1. The second-order valence-corrected chi connectivity index (χ2v) is 3.56. The van der Waals surface area contributed by atoms with Gasteiger partial charge in [-0.1, -0.05) is 13.8 Å². The molecule has 0 aliphatic rings. The Balaban J connectivity index is 2.92. The molecule has 0 saturated heterocycles. The van der Waals surface area contributed by atoms with E-state index in [-0.39, 0.29) is 24.9 Å². The normalized spacial score (nSPS) is 12.5. The summed E-state index contributed by atoms with van der Waals surface area (Å²) in [7, 11) is 0. The summed E-state index contributed by atoms with van der Waals surface area (Å²) < 4.78 is 18.4. The summed E-state index contributed by atoms with van der Waals surface area (Å²) in [5, 5.41) is 8.67. The second-order valence-electron chi connectivity index (χ2n) is 3.56. The summed E-state index contributed by atoms with van der Waals surface area (Å²) in [5.74, 6) is 0.677. The molecule has 0 aromatic heterocycles. The first kappa shape index (κ1) is 12.0. The molecule has 3 heteroatoms. The number of aliphatic hydroxyl groups is 1. The van der Waals surface area contributed by atoms with Crippen molar-refractivity contribution in [2.45, 2.75) is 26.2 Å². The highest BCUT2D eigenvalue weighted by Gasteiger charge is 2.11. The third-order valence-electron chi connectivity index (χ3n) is 2.46. The summed E-state index contributed by atoms with van der Waals surface area (Å²) in [6.45, 7) is 4.29. The third-order valence-corrected chi connectivity index (χ3v) is 2.46. The molecule has 15 heavy (non-hydrogen) atoms. The molecule has 0 saturated carbocycles. The summed E-state index contributed by atoms with van der Waals surface area (Å²) >= 11 is 0. The lowest BCUT2D eigenvalue weighted by Gasteiger charge is -2.15. The summed E-state index contributed by atoms with van der Waals surface area (Å²) in [6, 6.07) is 4.49. The summed E-state index contributed by atoms with van der Waals surface area (Å²) in [6.07, 6.45) is 0.930. The van der Waals surface area contributed by atoms with Gasteiger partial charge in [0.1, 0.15) is 18.2 Å². The van der Waals surface area contributed by atoms with Crippen molar-refractivity contribution in [1.29, 1.82) is 0 Å². The zero-order chi connectivity index (χ0) is 11.3. The molecule has 1 aromatic carbocycles. The fraction of sp³-hybridized carbons (Fsp3) is 0.500. The zero-order valence-corrected chi connectivity index (χ0v) is 9.16. The van der Waals surface area contributed by atoms with Crippen LogP contribution in [0.5, 0.6) is 5.75 Å². The van der Waals surface area contributed by atoms with Gasteiger partial charge in [-0.15, -0.1) is 0 Å². The van der Waals surface area contributed by atoms with Crippen LogP contribution in [-0.4, -0.2) is 18.3 Å². The highest BCUT2D eigenvalue weighted by atomic mass is 19.1. The van der Waals surface area contributed by atoms with Gasteiger partial charge in [0.25, 0.3) is 0 Å². The Bertz CT molecular complexity index is 312. The van der Waals surface area contributed by atoms with Gasteiger partial charge in [0.15, 0.2) is 0 Å². The first-order valence-electron chi connectivity index (χ1n) is 5.22. The van der Waals surface area contributed by atoms with Crippen LogP contribution in [0.15, 0.2) is 18.2 Å². The minimum atomic E-state index is -0.248. The third kappa shape index (κ3) is 3.20. The number of hydrogen-bond donors (Lipinski definition) is 1. The van der Waals surface area contributed by atoms with Crippen LogP contribution >= 0.6 is 0 Å². The van der Waals surface area contributed by atoms with Gasteiger partial charge in [-0.25, -0.2) is 4.39 Å². The minimum Gasteiger partial charge on any atom is -0.491 e. The van der Waals surface area contributed by atoms with E-state index in [2.05, 4.69) is 0 Å². The van der Waals surface area contributed by atoms with Gasteiger partial charge >= 0.3 is 0 Å². The Hall–Kier alpha value is -1.09. The van der Waals surface area contributed by atoms with Crippen LogP contribution in [0.4, 0.5) is 4.39 Å². The SMILES string of the molecule is CC[C@H](C)c1cc(F)ccc1OCCO. The van der Waals surface area contributed by atoms with E-state index >= 15 is 0 Å². The summed E-state index contributed by atoms with van der Waals surface area (Å²) in [4.78, 5) is 0. The lowest BCUT2D eigenvalue weighted by atomic mass is 9.97. The molecule has 0 amide bonds. The number of ether oxygens (including phenoxy) is 1. The number of halogens is 1. The van der Waals surface area contributed by atoms with Crippen molar-refractivity contribution < 1.29 is 14.2 Å². The molecule has 0 spiro atoms. The van der Waals surface area contributed by atoms with E-state index in [1.54, 1.807) is 6.07 Å². The molecule has 1 atom stereocenters. The molecule has 0 heterocycles. The number of benzene rings is 1. The van der Waals surface area contributed by atoms with E-state index < -0.39 is 0 Å². The van der Waals surface area contributed by atoms with Crippen LogP contribution in [-0.2, 0) is 0 Å². The van der Waals surface area contributed by atoms with Crippen molar-refractivity contribution in [2.24, 2.45) is 0 Å². The summed E-state index contributed by atoms with van der Waals surface area (Å²) in [5.41, 5.74) is 0.867. The largest absolute Gasteiger partial charge is 0.491 e. The van der Waals surface area contributed by atoms with Crippen molar-refractivity contribution in [3.63, 3.8) is 0 Å². The monoisotopic (exact) mass is 212 g/mol. The molecule has 84 valence electrons. The van der Waals surface area contributed by atoms with Crippen molar-refractivity contribution in [1.82, 2.24) is 0 Å². The first-order valence-corrected chi connectivity index (χ1v) is 5.22. The van der Waals surface area contributed by atoms with Crippen LogP contribution in [0, 0.1) is 5.82 Å². The van der Waals surface area contributed by atoms with E-state index in [1.807, 2.05) is 13.8 Å². The molecule has 0 unspecified atom stereocenters. The quantitative estimate of drug-likeness (QED) is 0.813. The molecule has 1 N–H and O–H groups in total. The fourth-order valence-corrected chi connectivity index (χ4v) is 1.41.